The fraction of sp³-hybridized carbons (Fsp3) is 0.0833. The zero-order chi connectivity index (χ0) is 22.4. The first kappa shape index (κ1) is 22.7. The van der Waals surface area contributed by atoms with E-state index in [2.05, 4.69) is 5.32 Å². The molecular weight excluding hydrogens is 455 g/mol. The van der Waals surface area contributed by atoms with E-state index >= 15 is 0 Å². The quantitative estimate of drug-likeness (QED) is 0.308. The zero-order valence-electron chi connectivity index (χ0n) is 16.5. The molecule has 1 N–H and O–H groups in total. The molecule has 1 amide bonds. The van der Waals surface area contributed by atoms with Crippen molar-refractivity contribution in [1.82, 2.24) is 0 Å². The topological polar surface area (TPSA) is 62.1 Å². The molecule has 0 aliphatic heterocycles. The third-order valence-electron chi connectivity index (χ3n) is 4.37. The van der Waals surface area contributed by atoms with Gasteiger partial charge in [0.05, 0.1) is 0 Å². The van der Waals surface area contributed by atoms with Crippen molar-refractivity contribution in [3.63, 3.8) is 0 Å². The van der Waals surface area contributed by atoms with Crippen LogP contribution in [0.4, 0.5) is 5.69 Å². The number of benzene rings is 3. The summed E-state index contributed by atoms with van der Waals surface area (Å²) in [4.78, 5) is 12.7. The van der Waals surface area contributed by atoms with Gasteiger partial charge >= 0.3 is 0 Å². The molecule has 31 heavy (non-hydrogen) atoms. The Kier molecular flexibility index (Phi) is 7.59. The van der Waals surface area contributed by atoms with E-state index < -0.39 is 5.91 Å². The van der Waals surface area contributed by atoms with Crippen LogP contribution in [0.1, 0.15) is 16.7 Å². The normalized spacial score (nSPS) is 11.0. The van der Waals surface area contributed by atoms with E-state index in [0.29, 0.717) is 32.1 Å². The summed E-state index contributed by atoms with van der Waals surface area (Å²) in [6.45, 7) is 2.10. The highest BCUT2D eigenvalue weighted by molar-refractivity contribution is 6.31. The first-order valence-corrected chi connectivity index (χ1v) is 10.3. The van der Waals surface area contributed by atoms with Gasteiger partial charge < -0.3 is 10.1 Å². The molecule has 0 saturated heterocycles. The molecule has 3 aromatic rings. The zero-order valence-corrected chi connectivity index (χ0v) is 18.7. The molecule has 0 aliphatic rings. The third-order valence-corrected chi connectivity index (χ3v) is 5.07. The Morgan fingerprint density at radius 1 is 1.03 bits per heavy atom. The van der Waals surface area contributed by atoms with Crippen molar-refractivity contribution in [3.8, 4) is 11.8 Å². The number of nitriles is 1. The highest BCUT2D eigenvalue weighted by Gasteiger charge is 2.13. The highest BCUT2D eigenvalue weighted by atomic mass is 35.5. The molecule has 0 heterocycles. The fourth-order valence-electron chi connectivity index (χ4n) is 2.77. The Balaban J connectivity index is 1.85. The smallest absolute Gasteiger partial charge is 0.266 e. The maximum absolute atomic E-state index is 12.7. The summed E-state index contributed by atoms with van der Waals surface area (Å²) in [5.41, 5.74) is 2.64. The van der Waals surface area contributed by atoms with Gasteiger partial charge in [0, 0.05) is 26.3 Å². The first-order valence-electron chi connectivity index (χ1n) is 9.22. The molecule has 3 aromatic carbocycles. The number of carbonyl (C=O) groups is 1. The van der Waals surface area contributed by atoms with Crippen molar-refractivity contribution in [2.75, 3.05) is 5.32 Å². The number of halogens is 3. The second-order valence-corrected chi connectivity index (χ2v) is 7.99. The van der Waals surface area contributed by atoms with Crippen molar-refractivity contribution in [3.05, 3.63) is 98.0 Å². The lowest BCUT2D eigenvalue weighted by molar-refractivity contribution is -0.112. The molecule has 4 nitrogen and oxygen atoms in total. The summed E-state index contributed by atoms with van der Waals surface area (Å²) in [5, 5.41) is 13.8. The Bertz CT molecular complexity index is 1200. The number of rotatable bonds is 6. The van der Waals surface area contributed by atoms with Gasteiger partial charge in [0.2, 0.25) is 0 Å². The van der Waals surface area contributed by atoms with E-state index in [9.17, 15) is 10.1 Å². The minimum absolute atomic E-state index is 0.103. The molecule has 0 aliphatic carbocycles. The summed E-state index contributed by atoms with van der Waals surface area (Å²) >= 11 is 18.2. The van der Waals surface area contributed by atoms with Crippen LogP contribution < -0.4 is 10.1 Å². The van der Waals surface area contributed by atoms with E-state index in [1.807, 2.05) is 25.1 Å². The SMILES string of the molecule is Cc1ccc(Cl)cc1NC(=O)/C(C#N)=C/c1cc(Cl)ccc1OCc1cccc(Cl)c1. The van der Waals surface area contributed by atoms with Gasteiger partial charge in [0.15, 0.2) is 0 Å². The van der Waals surface area contributed by atoms with Crippen LogP contribution in [0.2, 0.25) is 15.1 Å². The lowest BCUT2D eigenvalue weighted by Gasteiger charge is -2.11. The molecular formula is C24H17Cl3N2O2. The number of hydrogen-bond donors (Lipinski definition) is 1. The molecule has 0 radical (unpaired) electrons. The van der Waals surface area contributed by atoms with Gasteiger partial charge in [0.25, 0.3) is 5.91 Å². The van der Waals surface area contributed by atoms with Gasteiger partial charge in [0.1, 0.15) is 24.0 Å². The minimum atomic E-state index is -0.561. The number of anilines is 1. The maximum Gasteiger partial charge on any atom is 0.266 e. The summed E-state index contributed by atoms with van der Waals surface area (Å²) in [7, 11) is 0. The average Bonchev–Trinajstić information content (AvgIpc) is 2.74. The van der Waals surface area contributed by atoms with Crippen molar-refractivity contribution in [1.29, 1.82) is 5.26 Å². The Morgan fingerprint density at radius 3 is 2.48 bits per heavy atom. The second kappa shape index (κ2) is 10.4. The lowest BCUT2D eigenvalue weighted by atomic mass is 10.1. The van der Waals surface area contributed by atoms with Crippen LogP contribution in [-0.2, 0) is 11.4 Å². The molecule has 0 spiro atoms. The van der Waals surface area contributed by atoms with Gasteiger partial charge in [-0.15, -0.1) is 0 Å². The molecule has 156 valence electrons. The van der Waals surface area contributed by atoms with E-state index in [1.165, 1.54) is 6.08 Å². The standard InChI is InChI=1S/C24H17Cl3N2O2/c1-15-5-6-21(27)12-22(15)29-24(30)18(13-28)10-17-11-20(26)7-8-23(17)31-14-16-3-2-4-19(25)9-16/h2-12H,14H2,1H3,(H,29,30)/b18-10+. The summed E-state index contributed by atoms with van der Waals surface area (Å²) in [6.07, 6.45) is 1.44. The van der Waals surface area contributed by atoms with Gasteiger partial charge in [-0.05, 0) is 66.6 Å². The summed E-state index contributed by atoms with van der Waals surface area (Å²) in [5.74, 6) is -0.0857. The Labute approximate surface area is 195 Å². The number of hydrogen-bond acceptors (Lipinski definition) is 3. The van der Waals surface area contributed by atoms with Crippen LogP contribution in [0, 0.1) is 18.3 Å². The molecule has 0 atom stereocenters. The Morgan fingerprint density at radius 2 is 1.74 bits per heavy atom. The minimum Gasteiger partial charge on any atom is -0.488 e. The van der Waals surface area contributed by atoms with E-state index in [0.717, 1.165) is 11.1 Å². The molecule has 3 rings (SSSR count). The number of carbonyl (C=O) groups excluding carboxylic acids is 1. The van der Waals surface area contributed by atoms with Crippen molar-refractivity contribution < 1.29 is 9.53 Å². The molecule has 0 unspecified atom stereocenters. The Hall–Kier alpha value is -2.97. The van der Waals surface area contributed by atoms with Gasteiger partial charge in [-0.25, -0.2) is 0 Å². The molecule has 0 fully saturated rings. The van der Waals surface area contributed by atoms with Crippen LogP contribution in [0.3, 0.4) is 0 Å². The van der Waals surface area contributed by atoms with Gasteiger partial charge in [-0.3, -0.25) is 4.79 Å². The largest absolute Gasteiger partial charge is 0.488 e. The summed E-state index contributed by atoms with van der Waals surface area (Å²) in [6, 6.07) is 19.4. The van der Waals surface area contributed by atoms with Crippen LogP contribution in [-0.4, -0.2) is 5.91 Å². The maximum atomic E-state index is 12.7. The lowest BCUT2D eigenvalue weighted by Crippen LogP contribution is -2.14. The van der Waals surface area contributed by atoms with Crippen LogP contribution in [0.15, 0.2) is 66.2 Å². The predicted octanol–water partition coefficient (Wildman–Crippen LogP) is 7.08. The number of nitrogens with one attached hydrogen (secondary N) is 1. The van der Waals surface area contributed by atoms with Crippen molar-refractivity contribution >= 4 is 52.5 Å². The molecule has 0 bridgehead atoms. The molecule has 7 heteroatoms. The van der Waals surface area contributed by atoms with E-state index in [-0.39, 0.29) is 12.2 Å². The fourth-order valence-corrected chi connectivity index (χ4v) is 3.34. The third kappa shape index (κ3) is 6.26. The highest BCUT2D eigenvalue weighted by Crippen LogP contribution is 2.27. The second-order valence-electron chi connectivity index (χ2n) is 6.68. The number of nitrogens with zero attached hydrogens (tertiary/aromatic N) is 1. The van der Waals surface area contributed by atoms with Gasteiger partial charge in [-0.1, -0.05) is 53.0 Å². The van der Waals surface area contributed by atoms with Crippen LogP contribution in [0.25, 0.3) is 6.08 Å². The molecule has 0 aromatic heterocycles. The van der Waals surface area contributed by atoms with Crippen molar-refractivity contribution in [2.24, 2.45) is 0 Å². The first-order chi connectivity index (χ1) is 14.9. The van der Waals surface area contributed by atoms with Crippen LogP contribution in [0.5, 0.6) is 5.75 Å². The van der Waals surface area contributed by atoms with E-state index in [4.69, 9.17) is 39.5 Å². The van der Waals surface area contributed by atoms with Crippen molar-refractivity contribution in [2.45, 2.75) is 13.5 Å². The number of aryl methyl sites for hydroxylation is 1. The predicted molar refractivity (Wildman–Crippen MR) is 126 cm³/mol. The average molecular weight is 472 g/mol. The number of amides is 1. The summed E-state index contributed by atoms with van der Waals surface area (Å²) < 4.78 is 5.89. The molecule has 0 saturated carbocycles. The number of ether oxygens (including phenoxy) is 1. The van der Waals surface area contributed by atoms with Gasteiger partial charge in [-0.2, -0.15) is 5.26 Å². The van der Waals surface area contributed by atoms with E-state index in [1.54, 1.807) is 48.5 Å². The monoisotopic (exact) mass is 470 g/mol. The van der Waals surface area contributed by atoms with Crippen LogP contribution >= 0.6 is 34.8 Å².